The fourth-order valence-corrected chi connectivity index (χ4v) is 3.40. The SMILES string of the molecule is CCn1c(=O)c2[nH]c(-c3ccc(NCC(=O)Nc4ccccc4)nc3)nc2n(CC)c1=O. The van der Waals surface area contributed by atoms with E-state index in [0.29, 0.717) is 29.4 Å². The number of H-pyrrole nitrogens is 1. The molecule has 0 unspecified atom stereocenters. The molecule has 0 saturated carbocycles. The number of para-hydroxylation sites is 1. The minimum atomic E-state index is -0.397. The highest BCUT2D eigenvalue weighted by molar-refractivity contribution is 5.93. The molecule has 3 aromatic heterocycles. The van der Waals surface area contributed by atoms with Crippen molar-refractivity contribution in [3.8, 4) is 11.4 Å². The Morgan fingerprint density at radius 2 is 1.78 bits per heavy atom. The zero-order chi connectivity index (χ0) is 22.7. The number of rotatable bonds is 7. The van der Waals surface area contributed by atoms with Crippen molar-refractivity contribution < 1.29 is 4.79 Å². The van der Waals surface area contributed by atoms with Gasteiger partial charge in [-0.3, -0.25) is 18.7 Å². The number of benzene rings is 1. The van der Waals surface area contributed by atoms with Gasteiger partial charge in [-0.2, -0.15) is 0 Å². The number of aromatic amines is 1. The average Bonchev–Trinajstić information content (AvgIpc) is 3.25. The summed E-state index contributed by atoms with van der Waals surface area (Å²) in [4.78, 5) is 49.0. The maximum absolute atomic E-state index is 12.6. The van der Waals surface area contributed by atoms with Crippen LogP contribution in [0.4, 0.5) is 11.5 Å². The maximum Gasteiger partial charge on any atom is 0.332 e. The van der Waals surface area contributed by atoms with Crippen LogP contribution in [-0.4, -0.2) is 36.5 Å². The molecule has 0 aliphatic rings. The second-order valence-corrected chi connectivity index (χ2v) is 7.06. The molecule has 164 valence electrons. The highest BCUT2D eigenvalue weighted by atomic mass is 16.2. The minimum Gasteiger partial charge on any atom is -0.361 e. The van der Waals surface area contributed by atoms with Crippen molar-refractivity contribution in [2.45, 2.75) is 26.9 Å². The molecule has 0 bridgehead atoms. The Morgan fingerprint density at radius 1 is 1.03 bits per heavy atom. The van der Waals surface area contributed by atoms with E-state index in [1.165, 1.54) is 9.13 Å². The second kappa shape index (κ2) is 8.88. The van der Waals surface area contributed by atoms with Gasteiger partial charge in [-0.25, -0.2) is 14.8 Å². The van der Waals surface area contributed by atoms with Gasteiger partial charge in [0.25, 0.3) is 5.56 Å². The van der Waals surface area contributed by atoms with Crippen molar-refractivity contribution in [2.75, 3.05) is 17.2 Å². The number of anilines is 2. The number of carbonyl (C=O) groups is 1. The van der Waals surface area contributed by atoms with Gasteiger partial charge in [0.1, 0.15) is 17.2 Å². The van der Waals surface area contributed by atoms with Crippen molar-refractivity contribution >= 4 is 28.6 Å². The molecule has 4 aromatic rings. The number of amides is 1. The number of imidazole rings is 1. The Hall–Kier alpha value is -4.21. The van der Waals surface area contributed by atoms with E-state index in [2.05, 4.69) is 25.6 Å². The van der Waals surface area contributed by atoms with Gasteiger partial charge in [-0.1, -0.05) is 18.2 Å². The van der Waals surface area contributed by atoms with Crippen LogP contribution in [0.15, 0.2) is 58.3 Å². The van der Waals surface area contributed by atoms with E-state index < -0.39 is 5.56 Å². The van der Waals surface area contributed by atoms with E-state index in [0.717, 1.165) is 5.69 Å². The van der Waals surface area contributed by atoms with Crippen molar-refractivity contribution in [3.05, 3.63) is 69.5 Å². The monoisotopic (exact) mass is 433 g/mol. The topological polar surface area (TPSA) is 127 Å². The average molecular weight is 433 g/mol. The van der Waals surface area contributed by atoms with Crippen molar-refractivity contribution in [2.24, 2.45) is 0 Å². The third kappa shape index (κ3) is 4.02. The van der Waals surface area contributed by atoms with E-state index in [1.807, 2.05) is 37.3 Å². The molecular weight excluding hydrogens is 410 g/mol. The number of nitrogens with one attached hydrogen (secondary N) is 3. The Labute approximate surface area is 183 Å². The molecule has 4 rings (SSSR count). The number of aromatic nitrogens is 5. The number of aryl methyl sites for hydroxylation is 1. The highest BCUT2D eigenvalue weighted by Gasteiger charge is 2.16. The van der Waals surface area contributed by atoms with Gasteiger partial charge in [-0.15, -0.1) is 0 Å². The van der Waals surface area contributed by atoms with Crippen LogP contribution in [0.2, 0.25) is 0 Å². The van der Waals surface area contributed by atoms with E-state index >= 15 is 0 Å². The standard InChI is InChI=1S/C22H23N7O3/c1-3-28-20-18(21(31)29(4-2)22(28)32)26-19(27-20)14-10-11-16(23-12-14)24-13-17(30)25-15-8-6-5-7-9-15/h5-12H,3-4,13H2,1-2H3,(H,23,24)(H,25,30)(H,26,27). The number of fused-ring (bicyclic) bond motifs is 1. The lowest BCUT2D eigenvalue weighted by Crippen LogP contribution is -2.39. The number of hydrogen-bond donors (Lipinski definition) is 3. The first-order valence-corrected chi connectivity index (χ1v) is 10.3. The van der Waals surface area contributed by atoms with Gasteiger partial charge in [-0.05, 0) is 38.1 Å². The normalized spacial score (nSPS) is 10.9. The molecule has 1 aromatic carbocycles. The first kappa shape index (κ1) is 21.0. The zero-order valence-corrected chi connectivity index (χ0v) is 17.8. The summed E-state index contributed by atoms with van der Waals surface area (Å²) in [6, 6.07) is 12.7. The minimum absolute atomic E-state index is 0.0607. The van der Waals surface area contributed by atoms with Crippen LogP contribution in [-0.2, 0) is 17.9 Å². The summed E-state index contributed by atoms with van der Waals surface area (Å²) in [5.74, 6) is 0.768. The van der Waals surface area contributed by atoms with Gasteiger partial charge in [0.15, 0.2) is 5.65 Å². The maximum atomic E-state index is 12.6. The van der Waals surface area contributed by atoms with Gasteiger partial charge < -0.3 is 15.6 Å². The van der Waals surface area contributed by atoms with Gasteiger partial charge in [0, 0.05) is 30.5 Å². The summed E-state index contributed by atoms with van der Waals surface area (Å²) in [7, 11) is 0. The molecule has 0 saturated heterocycles. The van der Waals surface area contributed by atoms with E-state index in [9.17, 15) is 14.4 Å². The highest BCUT2D eigenvalue weighted by Crippen LogP contribution is 2.19. The molecular formula is C22H23N7O3. The zero-order valence-electron chi connectivity index (χ0n) is 17.8. The predicted molar refractivity (Wildman–Crippen MR) is 123 cm³/mol. The molecule has 3 N–H and O–H groups in total. The number of hydrogen-bond acceptors (Lipinski definition) is 6. The third-order valence-electron chi connectivity index (χ3n) is 5.02. The Morgan fingerprint density at radius 3 is 2.44 bits per heavy atom. The van der Waals surface area contributed by atoms with Gasteiger partial charge in [0.2, 0.25) is 5.91 Å². The molecule has 32 heavy (non-hydrogen) atoms. The molecule has 10 nitrogen and oxygen atoms in total. The second-order valence-electron chi connectivity index (χ2n) is 7.06. The first-order chi connectivity index (χ1) is 15.5. The lowest BCUT2D eigenvalue weighted by atomic mass is 10.2. The largest absolute Gasteiger partial charge is 0.361 e. The summed E-state index contributed by atoms with van der Waals surface area (Å²) < 4.78 is 2.65. The number of pyridine rings is 1. The van der Waals surface area contributed by atoms with Crippen LogP contribution in [0.1, 0.15) is 13.8 Å². The molecule has 1 amide bonds. The summed E-state index contributed by atoms with van der Waals surface area (Å²) in [6.07, 6.45) is 1.59. The third-order valence-corrected chi connectivity index (χ3v) is 5.02. The molecule has 0 atom stereocenters. The number of nitrogens with zero attached hydrogens (tertiary/aromatic N) is 4. The quantitative estimate of drug-likeness (QED) is 0.409. The Kier molecular flexibility index (Phi) is 5.84. The smallest absolute Gasteiger partial charge is 0.332 e. The lowest BCUT2D eigenvalue weighted by molar-refractivity contribution is -0.114. The number of carbonyl (C=O) groups excluding carboxylic acids is 1. The summed E-state index contributed by atoms with van der Waals surface area (Å²) in [5.41, 5.74) is 1.20. The van der Waals surface area contributed by atoms with E-state index in [-0.39, 0.29) is 30.2 Å². The van der Waals surface area contributed by atoms with Crippen LogP contribution in [0.25, 0.3) is 22.6 Å². The molecule has 3 heterocycles. The van der Waals surface area contributed by atoms with Crippen LogP contribution in [0.5, 0.6) is 0 Å². The lowest BCUT2D eigenvalue weighted by Gasteiger charge is -2.07. The van der Waals surface area contributed by atoms with Crippen molar-refractivity contribution in [1.82, 2.24) is 24.1 Å². The fourth-order valence-electron chi connectivity index (χ4n) is 3.40. The van der Waals surface area contributed by atoms with Crippen LogP contribution < -0.4 is 21.9 Å². The molecule has 0 fully saturated rings. The summed E-state index contributed by atoms with van der Waals surface area (Å²) in [6.45, 7) is 4.32. The summed E-state index contributed by atoms with van der Waals surface area (Å²) in [5, 5.41) is 5.76. The van der Waals surface area contributed by atoms with Crippen molar-refractivity contribution in [1.29, 1.82) is 0 Å². The predicted octanol–water partition coefficient (Wildman–Crippen LogP) is 2.04. The van der Waals surface area contributed by atoms with E-state index in [4.69, 9.17) is 0 Å². The fraction of sp³-hybridized carbons (Fsp3) is 0.227. The van der Waals surface area contributed by atoms with Crippen molar-refractivity contribution in [3.63, 3.8) is 0 Å². The Balaban J connectivity index is 1.53. The molecule has 0 radical (unpaired) electrons. The summed E-state index contributed by atoms with van der Waals surface area (Å²) >= 11 is 0. The van der Waals surface area contributed by atoms with Gasteiger partial charge >= 0.3 is 5.69 Å². The van der Waals surface area contributed by atoms with Crippen LogP contribution >= 0.6 is 0 Å². The van der Waals surface area contributed by atoms with E-state index in [1.54, 1.807) is 25.3 Å². The van der Waals surface area contributed by atoms with Crippen LogP contribution in [0, 0.1) is 0 Å². The molecule has 10 heteroatoms. The molecule has 0 aliphatic carbocycles. The first-order valence-electron chi connectivity index (χ1n) is 10.3. The van der Waals surface area contributed by atoms with Crippen LogP contribution in [0.3, 0.4) is 0 Å². The van der Waals surface area contributed by atoms with Gasteiger partial charge in [0.05, 0.1) is 6.54 Å². The Bertz CT molecular complexity index is 1370. The molecule has 0 spiro atoms. The molecule has 0 aliphatic heterocycles.